The van der Waals surface area contributed by atoms with Crippen LogP contribution in [0.2, 0.25) is 5.02 Å². The van der Waals surface area contributed by atoms with Crippen molar-refractivity contribution in [3.05, 3.63) is 82.1 Å². The maximum atomic E-state index is 13.2. The van der Waals surface area contributed by atoms with Gasteiger partial charge in [0.2, 0.25) is 0 Å². The Bertz CT molecular complexity index is 1140. The molecular weight excluding hydrogens is 458 g/mol. The van der Waals surface area contributed by atoms with Crippen LogP contribution in [0.5, 0.6) is 0 Å². The van der Waals surface area contributed by atoms with Gasteiger partial charge in [0.15, 0.2) is 0 Å². The standard InChI is InChI=1S/C22H15ClF6N2O/c1-12-3-4-16(23)10-18(12)17-5-6-30-11-19(17)31(2)20(32)13-7-14(21(24,25)26)9-15(8-13)22(27,28)29/h3-11H,1-2H3. The summed E-state index contributed by atoms with van der Waals surface area (Å²) in [5.74, 6) is -1.06. The minimum atomic E-state index is -5.06. The molecule has 0 aliphatic heterocycles. The molecule has 0 saturated carbocycles. The van der Waals surface area contributed by atoms with Crippen molar-refractivity contribution in [2.45, 2.75) is 19.3 Å². The maximum absolute atomic E-state index is 13.2. The molecule has 0 atom stereocenters. The highest BCUT2D eigenvalue weighted by molar-refractivity contribution is 6.31. The van der Waals surface area contributed by atoms with Gasteiger partial charge in [-0.1, -0.05) is 17.7 Å². The van der Waals surface area contributed by atoms with Gasteiger partial charge in [0.05, 0.1) is 23.0 Å². The molecule has 1 aromatic heterocycles. The zero-order chi connectivity index (χ0) is 23.8. The van der Waals surface area contributed by atoms with E-state index < -0.39 is 35.0 Å². The number of nitrogens with zero attached hydrogens (tertiary/aromatic N) is 2. The molecule has 2 aromatic carbocycles. The molecule has 0 unspecified atom stereocenters. The second-order valence-corrected chi connectivity index (χ2v) is 7.45. The van der Waals surface area contributed by atoms with Crippen molar-refractivity contribution in [1.82, 2.24) is 4.98 Å². The molecular formula is C22H15ClF6N2O. The van der Waals surface area contributed by atoms with Crippen LogP contribution in [0, 0.1) is 6.92 Å². The van der Waals surface area contributed by atoms with E-state index in [1.54, 1.807) is 31.2 Å². The van der Waals surface area contributed by atoms with Gasteiger partial charge >= 0.3 is 12.4 Å². The summed E-state index contributed by atoms with van der Waals surface area (Å²) >= 11 is 6.07. The zero-order valence-electron chi connectivity index (χ0n) is 16.6. The van der Waals surface area contributed by atoms with Gasteiger partial charge in [0, 0.05) is 29.4 Å². The number of carbonyl (C=O) groups is 1. The molecule has 0 aliphatic carbocycles. The van der Waals surface area contributed by atoms with E-state index >= 15 is 0 Å². The number of rotatable bonds is 3. The van der Waals surface area contributed by atoms with Gasteiger partial charge in [-0.15, -0.1) is 0 Å². The molecule has 10 heteroatoms. The summed E-state index contributed by atoms with van der Waals surface area (Å²) in [6, 6.07) is 7.39. The van der Waals surface area contributed by atoms with Crippen LogP contribution in [0.15, 0.2) is 54.9 Å². The molecule has 0 fully saturated rings. The lowest BCUT2D eigenvalue weighted by Gasteiger charge is -2.22. The van der Waals surface area contributed by atoms with E-state index in [1.165, 1.54) is 19.4 Å². The summed E-state index contributed by atoms with van der Waals surface area (Å²) in [6.45, 7) is 1.79. The second-order valence-electron chi connectivity index (χ2n) is 7.01. The van der Waals surface area contributed by atoms with Crippen LogP contribution in [-0.2, 0) is 12.4 Å². The van der Waals surface area contributed by atoms with Crippen LogP contribution in [0.3, 0.4) is 0 Å². The summed E-state index contributed by atoms with van der Waals surface area (Å²) in [5, 5.41) is 0.412. The Morgan fingerprint density at radius 3 is 2.06 bits per heavy atom. The number of alkyl halides is 6. The van der Waals surface area contributed by atoms with E-state index in [2.05, 4.69) is 4.98 Å². The van der Waals surface area contributed by atoms with Crippen LogP contribution in [-0.4, -0.2) is 17.9 Å². The van der Waals surface area contributed by atoms with E-state index in [-0.39, 0.29) is 11.8 Å². The Kier molecular flexibility index (Phi) is 6.24. The molecule has 32 heavy (non-hydrogen) atoms. The fourth-order valence-corrected chi connectivity index (χ4v) is 3.32. The average molecular weight is 473 g/mol. The first-order chi connectivity index (χ1) is 14.8. The molecule has 0 aliphatic rings. The van der Waals surface area contributed by atoms with E-state index in [0.717, 1.165) is 10.5 Å². The summed E-state index contributed by atoms with van der Waals surface area (Å²) in [7, 11) is 1.25. The van der Waals surface area contributed by atoms with Gasteiger partial charge in [0.1, 0.15) is 0 Å². The summed E-state index contributed by atoms with van der Waals surface area (Å²) in [4.78, 5) is 17.9. The molecule has 1 amide bonds. The third-order valence-electron chi connectivity index (χ3n) is 4.79. The lowest BCUT2D eigenvalue weighted by Crippen LogP contribution is -2.28. The molecule has 3 rings (SSSR count). The highest BCUT2D eigenvalue weighted by Crippen LogP contribution is 2.38. The minimum Gasteiger partial charge on any atom is -0.309 e. The molecule has 0 radical (unpaired) electrons. The van der Waals surface area contributed by atoms with Gasteiger partial charge in [-0.05, 0) is 54.4 Å². The van der Waals surface area contributed by atoms with Crippen molar-refractivity contribution in [3.63, 3.8) is 0 Å². The van der Waals surface area contributed by atoms with Crippen molar-refractivity contribution in [2.24, 2.45) is 0 Å². The zero-order valence-corrected chi connectivity index (χ0v) is 17.4. The van der Waals surface area contributed by atoms with E-state index in [0.29, 0.717) is 28.3 Å². The van der Waals surface area contributed by atoms with Gasteiger partial charge in [-0.25, -0.2) is 0 Å². The van der Waals surface area contributed by atoms with Crippen molar-refractivity contribution in [2.75, 3.05) is 11.9 Å². The molecule has 0 saturated heterocycles. The van der Waals surface area contributed by atoms with E-state index in [4.69, 9.17) is 11.6 Å². The number of aryl methyl sites for hydroxylation is 1. The van der Waals surface area contributed by atoms with Gasteiger partial charge in [0.25, 0.3) is 5.91 Å². The fourth-order valence-electron chi connectivity index (χ4n) is 3.15. The van der Waals surface area contributed by atoms with E-state index in [9.17, 15) is 31.1 Å². The van der Waals surface area contributed by atoms with Crippen molar-refractivity contribution >= 4 is 23.2 Å². The lowest BCUT2D eigenvalue weighted by atomic mass is 9.99. The number of hydrogen-bond donors (Lipinski definition) is 0. The van der Waals surface area contributed by atoms with E-state index in [1.807, 2.05) is 0 Å². The first-order valence-electron chi connectivity index (χ1n) is 9.07. The minimum absolute atomic E-state index is 0.0262. The van der Waals surface area contributed by atoms with Crippen molar-refractivity contribution in [1.29, 1.82) is 0 Å². The number of carbonyl (C=O) groups excluding carboxylic acids is 1. The Labute approximate surface area is 184 Å². The highest BCUT2D eigenvalue weighted by Gasteiger charge is 2.38. The topological polar surface area (TPSA) is 33.2 Å². The first kappa shape index (κ1) is 23.6. The molecule has 168 valence electrons. The van der Waals surface area contributed by atoms with Gasteiger partial charge < -0.3 is 4.90 Å². The fraction of sp³-hybridized carbons (Fsp3) is 0.182. The summed E-state index contributed by atoms with van der Waals surface area (Å²) < 4.78 is 79.1. The molecule has 0 spiro atoms. The molecule has 0 N–H and O–H groups in total. The largest absolute Gasteiger partial charge is 0.416 e. The van der Waals surface area contributed by atoms with Gasteiger partial charge in [-0.2, -0.15) is 26.3 Å². The number of anilines is 1. The molecule has 3 nitrogen and oxygen atoms in total. The average Bonchev–Trinajstić information content (AvgIpc) is 2.73. The first-order valence-corrected chi connectivity index (χ1v) is 9.45. The summed E-state index contributed by atoms with van der Waals surface area (Å²) in [5.41, 5.74) is -1.79. The quantitative estimate of drug-likeness (QED) is 0.384. The Morgan fingerprint density at radius 2 is 1.50 bits per heavy atom. The lowest BCUT2D eigenvalue weighted by molar-refractivity contribution is -0.143. The normalized spacial score (nSPS) is 12.0. The van der Waals surface area contributed by atoms with Crippen LogP contribution in [0.25, 0.3) is 11.1 Å². The predicted molar refractivity (Wildman–Crippen MR) is 109 cm³/mol. The monoisotopic (exact) mass is 472 g/mol. The maximum Gasteiger partial charge on any atom is 0.416 e. The van der Waals surface area contributed by atoms with Gasteiger partial charge in [-0.3, -0.25) is 9.78 Å². The Balaban J connectivity index is 2.12. The highest BCUT2D eigenvalue weighted by atomic mass is 35.5. The van der Waals surface area contributed by atoms with Crippen LogP contribution >= 0.6 is 11.6 Å². The summed E-state index contributed by atoms with van der Waals surface area (Å²) in [6.07, 6.45) is -7.38. The molecule has 1 heterocycles. The molecule has 3 aromatic rings. The van der Waals surface area contributed by atoms with Crippen LogP contribution in [0.4, 0.5) is 32.0 Å². The van der Waals surface area contributed by atoms with Crippen LogP contribution in [0.1, 0.15) is 27.0 Å². The number of pyridine rings is 1. The third-order valence-corrected chi connectivity index (χ3v) is 5.03. The number of halogens is 7. The number of benzene rings is 2. The number of aromatic nitrogens is 1. The molecule has 0 bridgehead atoms. The Hall–Kier alpha value is -3.07. The smallest absolute Gasteiger partial charge is 0.309 e. The Morgan fingerprint density at radius 1 is 0.906 bits per heavy atom. The number of hydrogen-bond acceptors (Lipinski definition) is 2. The van der Waals surface area contributed by atoms with Crippen LogP contribution < -0.4 is 4.90 Å². The number of amides is 1. The third kappa shape index (κ3) is 4.88. The second kappa shape index (κ2) is 8.46. The van der Waals surface area contributed by atoms with Crippen molar-refractivity contribution < 1.29 is 31.1 Å². The SMILES string of the molecule is Cc1ccc(Cl)cc1-c1ccncc1N(C)C(=O)c1cc(C(F)(F)F)cc(C(F)(F)F)c1. The van der Waals surface area contributed by atoms with Crippen molar-refractivity contribution in [3.8, 4) is 11.1 Å². The predicted octanol–water partition coefficient (Wildman–Crippen LogP) is 7.02.